The van der Waals surface area contributed by atoms with E-state index in [4.69, 9.17) is 6.42 Å². The fraction of sp³-hybridized carbons (Fsp3) is 0.111. The number of aliphatic hydroxyl groups excluding tert-OH is 1. The van der Waals surface area contributed by atoms with Crippen molar-refractivity contribution in [3.8, 4) is 12.3 Å². The van der Waals surface area contributed by atoms with Gasteiger partial charge in [-0.05, 0) is 11.1 Å². The van der Waals surface area contributed by atoms with Crippen LogP contribution in [0, 0.1) is 18.3 Å². The van der Waals surface area contributed by atoms with Crippen molar-refractivity contribution in [2.24, 2.45) is 5.92 Å². The van der Waals surface area contributed by atoms with E-state index in [1.807, 2.05) is 72.8 Å². The number of hydrogen-bond donors (Lipinski definition) is 1. The van der Waals surface area contributed by atoms with Crippen LogP contribution >= 0.6 is 0 Å². The molecule has 19 heavy (non-hydrogen) atoms. The van der Waals surface area contributed by atoms with Gasteiger partial charge in [-0.25, -0.2) is 0 Å². The van der Waals surface area contributed by atoms with Crippen molar-refractivity contribution in [1.29, 1.82) is 0 Å². The molecular formula is C18H16O. The zero-order valence-corrected chi connectivity index (χ0v) is 10.6. The summed E-state index contributed by atoms with van der Waals surface area (Å²) in [5, 5.41) is 10.3. The topological polar surface area (TPSA) is 20.2 Å². The Hall–Kier alpha value is -2.30. The van der Waals surface area contributed by atoms with Crippen LogP contribution in [-0.2, 0) is 0 Å². The van der Waals surface area contributed by atoms with Crippen LogP contribution in [0.2, 0.25) is 0 Å². The van der Waals surface area contributed by atoms with E-state index in [0.29, 0.717) is 0 Å². The van der Waals surface area contributed by atoms with Crippen LogP contribution in [0.4, 0.5) is 0 Å². The predicted molar refractivity (Wildman–Crippen MR) is 79.2 cm³/mol. The third kappa shape index (κ3) is 3.58. The average molecular weight is 248 g/mol. The molecule has 2 rings (SSSR count). The fourth-order valence-electron chi connectivity index (χ4n) is 1.89. The van der Waals surface area contributed by atoms with Crippen LogP contribution < -0.4 is 0 Å². The van der Waals surface area contributed by atoms with Crippen molar-refractivity contribution in [3.05, 3.63) is 77.9 Å². The lowest BCUT2D eigenvalue weighted by Gasteiger charge is -2.15. The van der Waals surface area contributed by atoms with Crippen LogP contribution in [0.3, 0.4) is 0 Å². The van der Waals surface area contributed by atoms with E-state index < -0.39 is 6.10 Å². The lowest BCUT2D eigenvalue weighted by molar-refractivity contribution is 0.155. The highest BCUT2D eigenvalue weighted by Crippen LogP contribution is 2.23. The first-order chi connectivity index (χ1) is 9.31. The smallest absolute Gasteiger partial charge is 0.0962 e. The molecule has 1 N–H and O–H groups in total. The second kappa shape index (κ2) is 6.58. The quantitative estimate of drug-likeness (QED) is 0.818. The maximum Gasteiger partial charge on any atom is 0.0962 e. The van der Waals surface area contributed by atoms with Gasteiger partial charge >= 0.3 is 0 Å². The Balaban J connectivity index is 2.13. The van der Waals surface area contributed by atoms with E-state index in [0.717, 1.165) is 11.1 Å². The van der Waals surface area contributed by atoms with E-state index in [1.54, 1.807) is 0 Å². The van der Waals surface area contributed by atoms with E-state index in [2.05, 4.69) is 5.92 Å². The second-order valence-corrected chi connectivity index (χ2v) is 4.32. The maximum atomic E-state index is 10.3. The molecule has 2 atom stereocenters. The maximum absolute atomic E-state index is 10.3. The summed E-state index contributed by atoms with van der Waals surface area (Å²) in [5.41, 5.74) is 1.91. The minimum Gasteiger partial charge on any atom is -0.387 e. The molecule has 0 aliphatic carbocycles. The summed E-state index contributed by atoms with van der Waals surface area (Å²) in [6.45, 7) is 0. The Labute approximate surface area is 114 Å². The van der Waals surface area contributed by atoms with Gasteiger partial charge in [-0.2, -0.15) is 0 Å². The number of hydrogen-bond acceptors (Lipinski definition) is 1. The highest BCUT2D eigenvalue weighted by molar-refractivity contribution is 5.50. The van der Waals surface area contributed by atoms with Gasteiger partial charge in [0.05, 0.1) is 12.0 Å². The Morgan fingerprint density at radius 3 is 2.11 bits per heavy atom. The largest absolute Gasteiger partial charge is 0.387 e. The van der Waals surface area contributed by atoms with Gasteiger partial charge in [-0.15, -0.1) is 6.42 Å². The van der Waals surface area contributed by atoms with Crippen molar-refractivity contribution in [2.75, 3.05) is 0 Å². The van der Waals surface area contributed by atoms with Crippen molar-refractivity contribution < 1.29 is 5.11 Å². The normalized spacial score (nSPS) is 13.9. The van der Waals surface area contributed by atoms with Gasteiger partial charge in [0.15, 0.2) is 0 Å². The summed E-state index contributed by atoms with van der Waals surface area (Å²) in [7, 11) is 0. The first kappa shape index (κ1) is 13.1. The SMILES string of the molecule is C#CC(/C=C/c1ccccc1)C(O)c1ccccc1. The predicted octanol–water partition coefficient (Wildman–Crippen LogP) is 3.68. The standard InChI is InChI=1S/C18H16O/c1-2-16(14-13-15-9-5-3-6-10-15)18(19)17-11-7-4-8-12-17/h1,3-14,16,18-19H/b14-13+. The van der Waals surface area contributed by atoms with Crippen LogP contribution in [0.1, 0.15) is 17.2 Å². The van der Waals surface area contributed by atoms with Gasteiger partial charge in [-0.3, -0.25) is 0 Å². The molecule has 0 amide bonds. The van der Waals surface area contributed by atoms with Gasteiger partial charge in [0.1, 0.15) is 0 Å². The monoisotopic (exact) mass is 248 g/mol. The van der Waals surface area contributed by atoms with Crippen molar-refractivity contribution in [2.45, 2.75) is 6.10 Å². The first-order valence-electron chi connectivity index (χ1n) is 6.23. The highest BCUT2D eigenvalue weighted by Gasteiger charge is 2.15. The molecule has 1 nitrogen and oxygen atoms in total. The molecule has 2 aromatic carbocycles. The van der Waals surface area contributed by atoms with Gasteiger partial charge < -0.3 is 5.11 Å². The van der Waals surface area contributed by atoms with Gasteiger partial charge in [0, 0.05) is 0 Å². The zero-order valence-electron chi connectivity index (χ0n) is 10.6. The lowest BCUT2D eigenvalue weighted by Crippen LogP contribution is -2.08. The van der Waals surface area contributed by atoms with Gasteiger partial charge in [0.25, 0.3) is 0 Å². The van der Waals surface area contributed by atoms with E-state index in [1.165, 1.54) is 0 Å². The number of aliphatic hydroxyl groups is 1. The summed E-state index contributed by atoms with van der Waals surface area (Å²) in [6, 6.07) is 19.4. The van der Waals surface area contributed by atoms with Crippen molar-refractivity contribution >= 4 is 6.08 Å². The highest BCUT2D eigenvalue weighted by atomic mass is 16.3. The Morgan fingerprint density at radius 1 is 0.947 bits per heavy atom. The van der Waals surface area contributed by atoms with Crippen LogP contribution in [0.25, 0.3) is 6.08 Å². The molecule has 0 saturated heterocycles. The molecule has 0 radical (unpaired) electrons. The van der Waals surface area contributed by atoms with Crippen molar-refractivity contribution in [1.82, 2.24) is 0 Å². The molecule has 2 aromatic rings. The summed E-state index contributed by atoms with van der Waals surface area (Å²) < 4.78 is 0. The molecule has 0 saturated carbocycles. The van der Waals surface area contributed by atoms with Gasteiger partial charge in [0.2, 0.25) is 0 Å². The number of terminal acetylenes is 1. The Kier molecular flexibility index (Phi) is 4.55. The third-order valence-electron chi connectivity index (χ3n) is 2.97. The summed E-state index contributed by atoms with van der Waals surface area (Å²) >= 11 is 0. The van der Waals surface area contributed by atoms with E-state index in [-0.39, 0.29) is 5.92 Å². The molecule has 0 aliphatic rings. The van der Waals surface area contributed by atoms with E-state index >= 15 is 0 Å². The molecule has 0 heterocycles. The average Bonchev–Trinajstić information content (AvgIpc) is 2.49. The lowest BCUT2D eigenvalue weighted by atomic mass is 9.95. The molecular weight excluding hydrogens is 232 g/mol. The Morgan fingerprint density at radius 2 is 1.53 bits per heavy atom. The Bertz CT molecular complexity index is 564. The minimum atomic E-state index is -0.675. The molecule has 2 unspecified atom stereocenters. The molecule has 94 valence electrons. The summed E-state index contributed by atoms with van der Waals surface area (Å²) in [5.74, 6) is 2.30. The summed E-state index contributed by atoms with van der Waals surface area (Å²) in [6.07, 6.45) is 8.65. The molecule has 0 aromatic heterocycles. The van der Waals surface area contributed by atoms with Crippen LogP contribution in [0.5, 0.6) is 0 Å². The third-order valence-corrected chi connectivity index (χ3v) is 2.97. The molecule has 0 spiro atoms. The first-order valence-corrected chi connectivity index (χ1v) is 6.23. The van der Waals surface area contributed by atoms with E-state index in [9.17, 15) is 5.11 Å². The zero-order chi connectivity index (χ0) is 13.5. The fourth-order valence-corrected chi connectivity index (χ4v) is 1.89. The van der Waals surface area contributed by atoms with Crippen LogP contribution in [0.15, 0.2) is 66.7 Å². The molecule has 1 heteroatoms. The molecule has 0 bridgehead atoms. The molecule has 0 aliphatic heterocycles. The summed E-state index contributed by atoms with van der Waals surface area (Å²) in [4.78, 5) is 0. The number of benzene rings is 2. The van der Waals surface area contributed by atoms with Crippen molar-refractivity contribution in [3.63, 3.8) is 0 Å². The van der Waals surface area contributed by atoms with Gasteiger partial charge in [-0.1, -0.05) is 78.7 Å². The number of rotatable bonds is 4. The molecule has 0 fully saturated rings. The second-order valence-electron chi connectivity index (χ2n) is 4.32. The van der Waals surface area contributed by atoms with Crippen LogP contribution in [-0.4, -0.2) is 5.11 Å². The minimum absolute atomic E-state index is 0.331.